The predicted molar refractivity (Wildman–Crippen MR) is 70.6 cm³/mol. The molecule has 0 aromatic heterocycles. The van der Waals surface area contributed by atoms with E-state index in [2.05, 4.69) is 12.7 Å². The summed E-state index contributed by atoms with van der Waals surface area (Å²) >= 11 is 0. The molecule has 0 saturated heterocycles. The Kier molecular flexibility index (Phi) is 4.18. The van der Waals surface area contributed by atoms with Crippen molar-refractivity contribution in [2.75, 3.05) is 0 Å². The van der Waals surface area contributed by atoms with Crippen LogP contribution >= 0.6 is 0 Å². The smallest absolute Gasteiger partial charge is 0.311 e. The van der Waals surface area contributed by atoms with Crippen molar-refractivity contribution >= 4 is 5.97 Å². The van der Waals surface area contributed by atoms with E-state index in [0.29, 0.717) is 5.92 Å². The molecule has 2 unspecified atom stereocenters. The van der Waals surface area contributed by atoms with Gasteiger partial charge in [0.05, 0.1) is 5.41 Å². The fourth-order valence-corrected chi connectivity index (χ4v) is 1.85. The summed E-state index contributed by atoms with van der Waals surface area (Å²) < 4.78 is 5.60. The van der Waals surface area contributed by atoms with E-state index in [1.54, 1.807) is 0 Å². The van der Waals surface area contributed by atoms with Crippen LogP contribution in [-0.2, 0) is 9.53 Å². The second-order valence-electron chi connectivity index (χ2n) is 6.11. The summed E-state index contributed by atoms with van der Waals surface area (Å²) in [5.41, 5.74) is 1.90. The zero-order valence-corrected chi connectivity index (χ0v) is 11.7. The highest BCUT2D eigenvalue weighted by molar-refractivity contribution is 5.75. The van der Waals surface area contributed by atoms with Crippen LogP contribution < -0.4 is 0 Å². The number of allylic oxidation sites excluding steroid dienone is 2. The van der Waals surface area contributed by atoms with Gasteiger partial charge < -0.3 is 4.74 Å². The van der Waals surface area contributed by atoms with Gasteiger partial charge in [0.15, 0.2) is 0 Å². The molecule has 0 aromatic rings. The summed E-state index contributed by atoms with van der Waals surface area (Å²) in [7, 11) is 0. The van der Waals surface area contributed by atoms with Gasteiger partial charge in [-0.1, -0.05) is 18.2 Å². The number of hydrogen-bond donors (Lipinski definition) is 0. The third-order valence-corrected chi connectivity index (χ3v) is 3.29. The van der Waals surface area contributed by atoms with Crippen molar-refractivity contribution in [3.05, 3.63) is 23.8 Å². The zero-order valence-electron chi connectivity index (χ0n) is 11.7. The summed E-state index contributed by atoms with van der Waals surface area (Å²) in [6, 6.07) is 0. The second kappa shape index (κ2) is 5.07. The highest BCUT2D eigenvalue weighted by Crippen LogP contribution is 2.31. The average Bonchev–Trinajstić information content (AvgIpc) is 2.19. The van der Waals surface area contributed by atoms with Crippen LogP contribution in [0.5, 0.6) is 0 Å². The Morgan fingerprint density at radius 3 is 2.53 bits per heavy atom. The molecule has 1 rings (SSSR count). The Morgan fingerprint density at radius 2 is 2.06 bits per heavy atom. The van der Waals surface area contributed by atoms with Gasteiger partial charge in [0.25, 0.3) is 0 Å². The van der Waals surface area contributed by atoms with Gasteiger partial charge in [-0.2, -0.15) is 0 Å². The van der Waals surface area contributed by atoms with E-state index in [4.69, 9.17) is 4.74 Å². The number of esters is 1. The Morgan fingerprint density at radius 1 is 1.47 bits per heavy atom. The predicted octanol–water partition coefficient (Wildman–Crippen LogP) is 3.88. The van der Waals surface area contributed by atoms with Gasteiger partial charge in [-0.05, 0) is 59.0 Å². The number of hydrogen-bond acceptors (Lipinski definition) is 2. The van der Waals surface area contributed by atoms with E-state index >= 15 is 0 Å². The summed E-state index contributed by atoms with van der Waals surface area (Å²) in [5.74, 6) is 0.314. The molecule has 0 N–H and O–H groups in total. The van der Waals surface area contributed by atoms with Gasteiger partial charge in [-0.15, -0.1) is 0 Å². The molecule has 2 atom stereocenters. The van der Waals surface area contributed by atoms with Crippen molar-refractivity contribution < 1.29 is 9.53 Å². The SMILES string of the molecule is C=C(C)C1CC=C(C)C(OC(=O)C(C)(C)C)C1. The van der Waals surface area contributed by atoms with Crippen molar-refractivity contribution in [3.63, 3.8) is 0 Å². The molecule has 0 aliphatic heterocycles. The minimum atomic E-state index is -0.434. The van der Waals surface area contributed by atoms with Gasteiger partial charge in [-0.25, -0.2) is 0 Å². The van der Waals surface area contributed by atoms with Crippen molar-refractivity contribution in [1.82, 2.24) is 0 Å². The lowest BCUT2D eigenvalue weighted by Crippen LogP contribution is -2.31. The first-order chi connectivity index (χ1) is 7.71. The zero-order chi connectivity index (χ0) is 13.2. The summed E-state index contributed by atoms with van der Waals surface area (Å²) in [6.07, 6.45) is 3.99. The van der Waals surface area contributed by atoms with E-state index in [0.717, 1.165) is 12.8 Å². The summed E-state index contributed by atoms with van der Waals surface area (Å²) in [6.45, 7) is 13.7. The van der Waals surface area contributed by atoms with E-state index < -0.39 is 5.41 Å². The molecular weight excluding hydrogens is 212 g/mol. The minimum absolute atomic E-state index is 0.0721. The maximum atomic E-state index is 11.9. The molecule has 17 heavy (non-hydrogen) atoms. The van der Waals surface area contributed by atoms with Gasteiger partial charge in [0.1, 0.15) is 6.10 Å². The monoisotopic (exact) mass is 236 g/mol. The Bertz CT molecular complexity index is 344. The van der Waals surface area contributed by atoms with E-state index in [1.807, 2.05) is 34.6 Å². The van der Waals surface area contributed by atoms with Crippen molar-refractivity contribution in [1.29, 1.82) is 0 Å². The fourth-order valence-electron chi connectivity index (χ4n) is 1.85. The lowest BCUT2D eigenvalue weighted by molar-refractivity contribution is -0.157. The molecule has 1 aliphatic rings. The maximum Gasteiger partial charge on any atom is 0.311 e. The van der Waals surface area contributed by atoms with Gasteiger partial charge in [0, 0.05) is 0 Å². The lowest BCUT2D eigenvalue weighted by atomic mass is 9.84. The number of carbonyl (C=O) groups excluding carboxylic acids is 1. The van der Waals surface area contributed by atoms with E-state index in [1.165, 1.54) is 11.1 Å². The highest BCUT2D eigenvalue weighted by atomic mass is 16.5. The summed E-state index contributed by atoms with van der Waals surface area (Å²) in [4.78, 5) is 11.9. The molecule has 0 spiro atoms. The summed E-state index contributed by atoms with van der Waals surface area (Å²) in [5, 5.41) is 0. The molecule has 1 aliphatic carbocycles. The van der Waals surface area contributed by atoms with Gasteiger partial charge in [-0.3, -0.25) is 4.79 Å². The van der Waals surface area contributed by atoms with E-state index in [-0.39, 0.29) is 12.1 Å². The molecule has 0 aromatic carbocycles. The maximum absolute atomic E-state index is 11.9. The minimum Gasteiger partial charge on any atom is -0.457 e. The standard InChI is InChI=1S/C15H24O2/c1-10(2)12-8-7-11(3)13(9-12)17-14(16)15(4,5)6/h7,12-13H,1,8-9H2,2-6H3. The molecule has 0 heterocycles. The molecule has 96 valence electrons. The second-order valence-corrected chi connectivity index (χ2v) is 6.11. The Hall–Kier alpha value is -1.05. The normalized spacial score (nSPS) is 25.1. The Balaban J connectivity index is 2.71. The van der Waals surface area contributed by atoms with Crippen LogP contribution in [0.25, 0.3) is 0 Å². The quantitative estimate of drug-likeness (QED) is 0.537. The number of carbonyl (C=O) groups is 1. The van der Waals surface area contributed by atoms with Crippen LogP contribution in [0.15, 0.2) is 23.8 Å². The molecule has 2 heteroatoms. The molecule has 0 amide bonds. The first kappa shape index (κ1) is 14.0. The average molecular weight is 236 g/mol. The number of ether oxygens (including phenoxy) is 1. The molecule has 0 bridgehead atoms. The van der Waals surface area contributed by atoms with Gasteiger partial charge in [0.2, 0.25) is 0 Å². The van der Waals surface area contributed by atoms with Crippen LogP contribution in [-0.4, -0.2) is 12.1 Å². The lowest BCUT2D eigenvalue weighted by Gasteiger charge is -2.30. The van der Waals surface area contributed by atoms with Crippen molar-refractivity contribution in [2.24, 2.45) is 11.3 Å². The first-order valence-corrected chi connectivity index (χ1v) is 6.25. The van der Waals surface area contributed by atoms with Crippen molar-refractivity contribution in [3.8, 4) is 0 Å². The highest BCUT2D eigenvalue weighted by Gasteiger charge is 2.30. The molecule has 2 nitrogen and oxygen atoms in total. The van der Waals surface area contributed by atoms with E-state index in [9.17, 15) is 4.79 Å². The van der Waals surface area contributed by atoms with Crippen LogP contribution in [0.3, 0.4) is 0 Å². The van der Waals surface area contributed by atoms with Crippen molar-refractivity contribution in [2.45, 2.75) is 53.6 Å². The fraction of sp³-hybridized carbons (Fsp3) is 0.667. The van der Waals surface area contributed by atoms with Crippen LogP contribution in [0, 0.1) is 11.3 Å². The molecular formula is C15H24O2. The molecule has 0 radical (unpaired) electrons. The number of rotatable bonds is 2. The molecule has 0 fully saturated rings. The first-order valence-electron chi connectivity index (χ1n) is 6.25. The third-order valence-electron chi connectivity index (χ3n) is 3.29. The van der Waals surface area contributed by atoms with Crippen LogP contribution in [0.4, 0.5) is 0 Å². The van der Waals surface area contributed by atoms with Gasteiger partial charge >= 0.3 is 5.97 Å². The third kappa shape index (κ3) is 3.72. The molecule has 0 saturated carbocycles. The van der Waals surface area contributed by atoms with Crippen LogP contribution in [0.1, 0.15) is 47.5 Å². The Labute approximate surface area is 105 Å². The largest absolute Gasteiger partial charge is 0.457 e. The topological polar surface area (TPSA) is 26.3 Å². The van der Waals surface area contributed by atoms with Crippen LogP contribution in [0.2, 0.25) is 0 Å².